The third-order valence-corrected chi connectivity index (χ3v) is 5.28. The molecule has 8 heteroatoms. The van der Waals surface area contributed by atoms with Crippen LogP contribution in [-0.4, -0.2) is 26.4 Å². The fourth-order valence-electron chi connectivity index (χ4n) is 2.49. The first-order valence-corrected chi connectivity index (χ1v) is 9.90. The molecule has 28 heavy (non-hydrogen) atoms. The number of aromatic nitrogens is 1. The lowest BCUT2D eigenvalue weighted by Gasteiger charge is -2.11. The number of hydrogen-bond donors (Lipinski definition) is 2. The Morgan fingerprint density at radius 2 is 1.89 bits per heavy atom. The summed E-state index contributed by atoms with van der Waals surface area (Å²) in [5, 5.41) is 2.75. The van der Waals surface area contributed by atoms with Crippen molar-refractivity contribution in [1.29, 1.82) is 0 Å². The van der Waals surface area contributed by atoms with Gasteiger partial charge < -0.3 is 10.1 Å². The minimum Gasteiger partial charge on any atom is -0.497 e. The van der Waals surface area contributed by atoms with Gasteiger partial charge in [0.05, 0.1) is 17.7 Å². The SMILES string of the molecule is COc1cccc(NS(=O)(=O)c2cccc(C(=O)NCc3cccnc3)c2)c1. The highest BCUT2D eigenvalue weighted by atomic mass is 32.2. The van der Waals surface area contributed by atoms with Crippen molar-refractivity contribution in [3.63, 3.8) is 0 Å². The van der Waals surface area contributed by atoms with Gasteiger partial charge in [-0.15, -0.1) is 0 Å². The third-order valence-electron chi connectivity index (χ3n) is 3.90. The normalized spacial score (nSPS) is 10.9. The van der Waals surface area contributed by atoms with Crippen molar-refractivity contribution in [2.24, 2.45) is 0 Å². The number of rotatable bonds is 7. The fourth-order valence-corrected chi connectivity index (χ4v) is 3.59. The van der Waals surface area contributed by atoms with E-state index in [1.54, 1.807) is 48.8 Å². The molecule has 1 aromatic heterocycles. The zero-order chi connectivity index (χ0) is 20.0. The van der Waals surface area contributed by atoms with Crippen LogP contribution in [0.2, 0.25) is 0 Å². The smallest absolute Gasteiger partial charge is 0.261 e. The maximum absolute atomic E-state index is 12.7. The van der Waals surface area contributed by atoms with Crippen LogP contribution in [0.4, 0.5) is 5.69 Å². The van der Waals surface area contributed by atoms with E-state index in [-0.39, 0.29) is 16.4 Å². The van der Waals surface area contributed by atoms with Gasteiger partial charge in [-0.05, 0) is 42.0 Å². The van der Waals surface area contributed by atoms with Crippen LogP contribution in [0.3, 0.4) is 0 Å². The lowest BCUT2D eigenvalue weighted by Crippen LogP contribution is -2.23. The minimum absolute atomic E-state index is 0.00986. The quantitative estimate of drug-likeness (QED) is 0.639. The minimum atomic E-state index is -3.86. The number of amides is 1. The number of pyridine rings is 1. The molecule has 0 unspecified atom stereocenters. The van der Waals surface area contributed by atoms with E-state index in [2.05, 4.69) is 15.0 Å². The molecule has 2 aromatic carbocycles. The molecule has 144 valence electrons. The molecule has 1 heterocycles. The Hall–Kier alpha value is -3.39. The molecule has 0 saturated heterocycles. The van der Waals surface area contributed by atoms with Crippen LogP contribution in [0, 0.1) is 0 Å². The van der Waals surface area contributed by atoms with E-state index in [0.29, 0.717) is 18.0 Å². The van der Waals surface area contributed by atoms with Gasteiger partial charge in [-0.3, -0.25) is 14.5 Å². The van der Waals surface area contributed by atoms with E-state index >= 15 is 0 Å². The highest BCUT2D eigenvalue weighted by Crippen LogP contribution is 2.21. The Morgan fingerprint density at radius 1 is 1.07 bits per heavy atom. The number of nitrogens with zero attached hydrogens (tertiary/aromatic N) is 1. The Kier molecular flexibility index (Phi) is 5.90. The molecule has 1 amide bonds. The van der Waals surface area contributed by atoms with E-state index in [4.69, 9.17) is 4.74 Å². The summed E-state index contributed by atoms with van der Waals surface area (Å²) in [7, 11) is -2.36. The molecule has 0 spiro atoms. The number of hydrogen-bond acceptors (Lipinski definition) is 5. The summed E-state index contributed by atoms with van der Waals surface area (Å²) < 4.78 is 32.9. The van der Waals surface area contributed by atoms with Gasteiger partial charge in [0, 0.05) is 30.6 Å². The van der Waals surface area contributed by atoms with Gasteiger partial charge in [0.25, 0.3) is 15.9 Å². The second-order valence-corrected chi connectivity index (χ2v) is 7.59. The molecular formula is C20H19N3O4S. The molecule has 0 aliphatic carbocycles. The topological polar surface area (TPSA) is 97.4 Å². The average molecular weight is 397 g/mol. The molecule has 3 aromatic rings. The van der Waals surface area contributed by atoms with E-state index in [9.17, 15) is 13.2 Å². The number of nitrogens with one attached hydrogen (secondary N) is 2. The largest absolute Gasteiger partial charge is 0.497 e. The molecule has 0 aliphatic rings. The van der Waals surface area contributed by atoms with Crippen molar-refractivity contribution < 1.29 is 17.9 Å². The first kappa shape index (κ1) is 19.4. The molecule has 0 bridgehead atoms. The predicted molar refractivity (Wildman–Crippen MR) is 106 cm³/mol. The van der Waals surface area contributed by atoms with E-state index in [1.807, 2.05) is 6.07 Å². The van der Waals surface area contributed by atoms with Gasteiger partial charge in [-0.2, -0.15) is 0 Å². The molecule has 0 saturated carbocycles. The molecule has 0 atom stereocenters. The monoisotopic (exact) mass is 397 g/mol. The number of carbonyl (C=O) groups excluding carboxylic acids is 1. The Balaban J connectivity index is 1.74. The standard InChI is InChI=1S/C20H19N3O4S/c1-27-18-8-3-7-17(12-18)23-28(25,26)19-9-2-6-16(11-19)20(24)22-14-15-5-4-10-21-13-15/h2-13,23H,14H2,1H3,(H,22,24). The zero-order valence-electron chi connectivity index (χ0n) is 15.1. The van der Waals surface area contributed by atoms with Crippen molar-refractivity contribution in [1.82, 2.24) is 10.3 Å². The average Bonchev–Trinajstić information content (AvgIpc) is 2.72. The summed E-state index contributed by atoms with van der Waals surface area (Å²) in [6, 6.07) is 16.0. The second kappa shape index (κ2) is 8.53. The fraction of sp³-hybridized carbons (Fsp3) is 0.100. The van der Waals surface area contributed by atoms with Gasteiger partial charge in [-0.25, -0.2) is 8.42 Å². The lowest BCUT2D eigenvalue weighted by molar-refractivity contribution is 0.0950. The van der Waals surface area contributed by atoms with Crippen LogP contribution in [0.15, 0.2) is 78.0 Å². The second-order valence-electron chi connectivity index (χ2n) is 5.91. The first-order chi connectivity index (χ1) is 13.5. The lowest BCUT2D eigenvalue weighted by atomic mass is 10.2. The maximum Gasteiger partial charge on any atom is 0.261 e. The molecule has 0 fully saturated rings. The number of anilines is 1. The third kappa shape index (κ3) is 4.86. The van der Waals surface area contributed by atoms with Crippen LogP contribution < -0.4 is 14.8 Å². The van der Waals surface area contributed by atoms with Crippen LogP contribution in [0.5, 0.6) is 5.75 Å². The molecule has 0 aliphatic heterocycles. The zero-order valence-corrected chi connectivity index (χ0v) is 15.9. The summed E-state index contributed by atoms with van der Waals surface area (Å²) in [6.07, 6.45) is 3.30. The van der Waals surface area contributed by atoms with E-state index < -0.39 is 10.0 Å². The van der Waals surface area contributed by atoms with Crippen LogP contribution in [0.1, 0.15) is 15.9 Å². The van der Waals surface area contributed by atoms with E-state index in [1.165, 1.54) is 25.3 Å². The number of benzene rings is 2. The summed E-state index contributed by atoms with van der Waals surface area (Å²) in [4.78, 5) is 16.4. The highest BCUT2D eigenvalue weighted by Gasteiger charge is 2.17. The number of carbonyl (C=O) groups is 1. The van der Waals surface area contributed by atoms with Crippen molar-refractivity contribution in [3.8, 4) is 5.75 Å². The summed E-state index contributed by atoms with van der Waals surface area (Å²) in [5.41, 5.74) is 1.46. The van der Waals surface area contributed by atoms with Crippen molar-refractivity contribution >= 4 is 21.6 Å². The Labute approximate surface area is 163 Å². The van der Waals surface area contributed by atoms with Gasteiger partial charge in [0.15, 0.2) is 0 Å². The van der Waals surface area contributed by atoms with Gasteiger partial charge in [-0.1, -0.05) is 18.2 Å². The first-order valence-electron chi connectivity index (χ1n) is 8.42. The molecule has 7 nitrogen and oxygen atoms in total. The summed E-state index contributed by atoms with van der Waals surface area (Å²) >= 11 is 0. The van der Waals surface area contributed by atoms with Gasteiger partial charge >= 0.3 is 0 Å². The van der Waals surface area contributed by atoms with Gasteiger partial charge in [0.2, 0.25) is 0 Å². The summed E-state index contributed by atoms with van der Waals surface area (Å²) in [6.45, 7) is 0.297. The Bertz CT molecular complexity index is 1070. The van der Waals surface area contributed by atoms with E-state index in [0.717, 1.165) is 5.56 Å². The number of sulfonamides is 1. The van der Waals surface area contributed by atoms with Crippen LogP contribution >= 0.6 is 0 Å². The van der Waals surface area contributed by atoms with Crippen molar-refractivity contribution in [2.45, 2.75) is 11.4 Å². The van der Waals surface area contributed by atoms with Crippen molar-refractivity contribution in [3.05, 3.63) is 84.2 Å². The number of ether oxygens (including phenoxy) is 1. The highest BCUT2D eigenvalue weighted by molar-refractivity contribution is 7.92. The summed E-state index contributed by atoms with van der Waals surface area (Å²) in [5.74, 6) is 0.158. The molecule has 3 rings (SSSR count). The molecule has 0 radical (unpaired) electrons. The molecule has 2 N–H and O–H groups in total. The molecular weight excluding hydrogens is 378 g/mol. The van der Waals surface area contributed by atoms with Crippen LogP contribution in [0.25, 0.3) is 0 Å². The van der Waals surface area contributed by atoms with Crippen LogP contribution in [-0.2, 0) is 16.6 Å². The Morgan fingerprint density at radius 3 is 2.64 bits per heavy atom. The predicted octanol–water partition coefficient (Wildman–Crippen LogP) is 2.82. The van der Waals surface area contributed by atoms with Crippen molar-refractivity contribution in [2.75, 3.05) is 11.8 Å². The maximum atomic E-state index is 12.7. The van der Waals surface area contributed by atoms with Gasteiger partial charge in [0.1, 0.15) is 5.75 Å². The number of methoxy groups -OCH3 is 1.